The second-order valence-corrected chi connectivity index (χ2v) is 5.80. The highest BCUT2D eigenvalue weighted by Crippen LogP contribution is 2.29. The molecule has 6 nitrogen and oxygen atoms in total. The summed E-state index contributed by atoms with van der Waals surface area (Å²) in [5, 5.41) is 2.84. The average molecular weight is 338 g/mol. The molecule has 1 aliphatic carbocycles. The number of aromatic nitrogens is 2. The van der Waals surface area contributed by atoms with Gasteiger partial charge in [0.05, 0.1) is 11.0 Å². The summed E-state index contributed by atoms with van der Waals surface area (Å²) in [5.74, 6) is 0.164. The van der Waals surface area contributed by atoms with Crippen LogP contribution < -0.4 is 16.4 Å². The van der Waals surface area contributed by atoms with Crippen molar-refractivity contribution in [2.45, 2.75) is 19.4 Å². The Balaban J connectivity index is 1.99. The zero-order chi connectivity index (χ0) is 14.3. The number of halogens is 1. The van der Waals surface area contributed by atoms with Gasteiger partial charge in [0.1, 0.15) is 0 Å². The molecule has 1 heterocycles. The molecule has 1 aromatic heterocycles. The van der Waals surface area contributed by atoms with Crippen molar-refractivity contribution < 1.29 is 4.79 Å². The number of carbonyl (C=O) groups excluding carboxylic acids is 1. The molecule has 1 aromatic carbocycles. The number of carbonyl (C=O) groups is 1. The number of rotatable bonds is 3. The normalized spacial score (nSPS) is 14.4. The van der Waals surface area contributed by atoms with Crippen LogP contribution in [0.3, 0.4) is 0 Å². The second-order valence-electron chi connectivity index (χ2n) is 4.89. The van der Waals surface area contributed by atoms with E-state index in [0.717, 1.165) is 22.9 Å². The van der Waals surface area contributed by atoms with Crippen LogP contribution >= 0.6 is 15.9 Å². The van der Waals surface area contributed by atoms with Crippen molar-refractivity contribution in [1.82, 2.24) is 15.3 Å². The summed E-state index contributed by atoms with van der Waals surface area (Å²) in [6.07, 6.45) is 1.88. The van der Waals surface area contributed by atoms with E-state index >= 15 is 0 Å². The molecule has 104 valence electrons. The lowest BCUT2D eigenvalue weighted by Gasteiger charge is -2.08. The highest BCUT2D eigenvalue weighted by Gasteiger charge is 2.29. The molecule has 20 heavy (non-hydrogen) atoms. The maximum Gasteiger partial charge on any atom is 0.314 e. The fourth-order valence-electron chi connectivity index (χ4n) is 2.07. The van der Waals surface area contributed by atoms with Gasteiger partial charge in [-0.05, 0) is 30.5 Å². The Morgan fingerprint density at radius 2 is 1.95 bits per heavy atom. The molecule has 0 radical (unpaired) electrons. The van der Waals surface area contributed by atoms with Gasteiger partial charge in [-0.25, -0.2) is 0 Å². The van der Waals surface area contributed by atoms with Crippen LogP contribution in [-0.2, 0) is 11.3 Å². The van der Waals surface area contributed by atoms with Crippen molar-refractivity contribution in [3.63, 3.8) is 0 Å². The largest absolute Gasteiger partial charge is 0.352 e. The standard InChI is InChI=1S/C13H12BrN3O3/c14-8-3-7(5-15-11(18)6-1-2-6)10-9(4-8)16-12(19)13(20)17-10/h3-4,6H,1-2,5H2,(H,15,18)(H,16,19)(H,17,20). The van der Waals surface area contributed by atoms with E-state index < -0.39 is 11.1 Å². The van der Waals surface area contributed by atoms with Crippen molar-refractivity contribution in [3.05, 3.63) is 42.9 Å². The molecule has 0 unspecified atom stereocenters. The number of fused-ring (bicyclic) bond motifs is 1. The van der Waals surface area contributed by atoms with E-state index in [1.807, 2.05) is 6.07 Å². The molecule has 1 fully saturated rings. The first kappa shape index (κ1) is 13.1. The lowest BCUT2D eigenvalue weighted by atomic mass is 10.1. The van der Waals surface area contributed by atoms with Crippen LogP contribution in [0.2, 0.25) is 0 Å². The van der Waals surface area contributed by atoms with Crippen LogP contribution in [0.5, 0.6) is 0 Å². The van der Waals surface area contributed by atoms with Crippen molar-refractivity contribution in [2.75, 3.05) is 0 Å². The summed E-state index contributed by atoms with van der Waals surface area (Å²) in [5.41, 5.74) is 0.420. The van der Waals surface area contributed by atoms with E-state index in [0.29, 0.717) is 17.6 Å². The molecule has 7 heteroatoms. The highest BCUT2D eigenvalue weighted by atomic mass is 79.9. The molecule has 2 aromatic rings. The van der Waals surface area contributed by atoms with Crippen molar-refractivity contribution in [2.24, 2.45) is 5.92 Å². The van der Waals surface area contributed by atoms with E-state index in [4.69, 9.17) is 0 Å². The molecule has 3 N–H and O–H groups in total. The number of nitrogens with one attached hydrogen (secondary N) is 3. The van der Waals surface area contributed by atoms with Gasteiger partial charge < -0.3 is 15.3 Å². The minimum atomic E-state index is -0.699. The summed E-state index contributed by atoms with van der Waals surface area (Å²) in [4.78, 5) is 39.5. The minimum Gasteiger partial charge on any atom is -0.352 e. The van der Waals surface area contributed by atoms with Crippen LogP contribution in [0.15, 0.2) is 26.2 Å². The first-order valence-electron chi connectivity index (χ1n) is 6.27. The molecule has 1 saturated carbocycles. The summed E-state index contributed by atoms with van der Waals surface area (Å²) in [7, 11) is 0. The van der Waals surface area contributed by atoms with Crippen molar-refractivity contribution in [1.29, 1.82) is 0 Å². The molecule has 0 aliphatic heterocycles. The lowest BCUT2D eigenvalue weighted by molar-refractivity contribution is -0.122. The maximum atomic E-state index is 11.7. The molecule has 3 rings (SSSR count). The number of hydrogen-bond acceptors (Lipinski definition) is 3. The zero-order valence-corrected chi connectivity index (χ0v) is 12.0. The third-order valence-corrected chi connectivity index (χ3v) is 3.74. The average Bonchev–Trinajstić information content (AvgIpc) is 3.22. The maximum absolute atomic E-state index is 11.7. The number of amides is 1. The Morgan fingerprint density at radius 1 is 1.25 bits per heavy atom. The van der Waals surface area contributed by atoms with Crippen LogP contribution in [0.1, 0.15) is 18.4 Å². The van der Waals surface area contributed by atoms with Gasteiger partial charge in [-0.3, -0.25) is 14.4 Å². The van der Waals surface area contributed by atoms with Gasteiger partial charge >= 0.3 is 11.1 Å². The zero-order valence-electron chi connectivity index (χ0n) is 10.5. The molecule has 0 saturated heterocycles. The first-order chi connectivity index (χ1) is 9.54. The van der Waals surface area contributed by atoms with E-state index in [1.165, 1.54) is 0 Å². The van der Waals surface area contributed by atoms with Crippen LogP contribution in [-0.4, -0.2) is 15.9 Å². The van der Waals surface area contributed by atoms with Crippen molar-refractivity contribution in [3.8, 4) is 0 Å². The number of benzene rings is 1. The van der Waals surface area contributed by atoms with Gasteiger partial charge in [0.2, 0.25) is 5.91 Å². The van der Waals surface area contributed by atoms with E-state index in [1.54, 1.807) is 6.07 Å². The van der Waals surface area contributed by atoms with E-state index in [-0.39, 0.29) is 11.8 Å². The van der Waals surface area contributed by atoms with E-state index in [2.05, 4.69) is 31.2 Å². The summed E-state index contributed by atoms with van der Waals surface area (Å²) < 4.78 is 0.767. The Labute approximate surface area is 121 Å². The molecule has 0 spiro atoms. The van der Waals surface area contributed by atoms with Gasteiger partial charge in [-0.1, -0.05) is 15.9 Å². The highest BCUT2D eigenvalue weighted by molar-refractivity contribution is 9.10. The Bertz CT molecular complexity index is 805. The summed E-state index contributed by atoms with van der Waals surface area (Å²) in [6, 6.07) is 3.52. The second kappa shape index (κ2) is 4.90. The predicted octanol–water partition coefficient (Wildman–Crippen LogP) is 1.01. The quantitative estimate of drug-likeness (QED) is 0.729. The summed E-state index contributed by atoms with van der Waals surface area (Å²) in [6.45, 7) is 0.313. The minimum absolute atomic E-state index is 0.0323. The number of H-pyrrole nitrogens is 2. The smallest absolute Gasteiger partial charge is 0.314 e. The Hall–Kier alpha value is -1.89. The molecular weight excluding hydrogens is 326 g/mol. The SMILES string of the molecule is O=C(NCc1cc(Br)cc2[nH]c(=O)c(=O)[nH]c12)C1CC1. The topological polar surface area (TPSA) is 94.8 Å². The lowest BCUT2D eigenvalue weighted by Crippen LogP contribution is -2.30. The summed E-state index contributed by atoms with van der Waals surface area (Å²) >= 11 is 3.35. The van der Waals surface area contributed by atoms with E-state index in [9.17, 15) is 14.4 Å². The van der Waals surface area contributed by atoms with Gasteiger partial charge in [0, 0.05) is 16.9 Å². The predicted molar refractivity (Wildman–Crippen MR) is 77.5 cm³/mol. The molecule has 0 bridgehead atoms. The molecular formula is C13H12BrN3O3. The fourth-order valence-corrected chi connectivity index (χ4v) is 2.58. The van der Waals surface area contributed by atoms with Crippen LogP contribution in [0, 0.1) is 5.92 Å². The molecule has 1 amide bonds. The molecule has 0 atom stereocenters. The molecule has 1 aliphatic rings. The third-order valence-electron chi connectivity index (χ3n) is 3.28. The van der Waals surface area contributed by atoms with Crippen LogP contribution in [0.4, 0.5) is 0 Å². The van der Waals surface area contributed by atoms with Crippen LogP contribution in [0.25, 0.3) is 11.0 Å². The van der Waals surface area contributed by atoms with Gasteiger partial charge in [0.25, 0.3) is 0 Å². The first-order valence-corrected chi connectivity index (χ1v) is 7.06. The van der Waals surface area contributed by atoms with Gasteiger partial charge in [-0.2, -0.15) is 0 Å². The Morgan fingerprint density at radius 3 is 2.65 bits per heavy atom. The number of aromatic amines is 2. The fraction of sp³-hybridized carbons (Fsp3) is 0.308. The van der Waals surface area contributed by atoms with Crippen molar-refractivity contribution >= 4 is 32.9 Å². The number of hydrogen-bond donors (Lipinski definition) is 3. The third kappa shape index (κ3) is 2.53. The van der Waals surface area contributed by atoms with Gasteiger partial charge in [0.15, 0.2) is 0 Å². The Kier molecular flexibility index (Phi) is 3.21. The van der Waals surface area contributed by atoms with Gasteiger partial charge in [-0.15, -0.1) is 0 Å². The monoisotopic (exact) mass is 337 g/mol.